The summed E-state index contributed by atoms with van der Waals surface area (Å²) in [5.74, 6) is 0. The van der Waals surface area contributed by atoms with Gasteiger partial charge in [0, 0.05) is 38.2 Å². The molecule has 0 aliphatic heterocycles. The van der Waals surface area contributed by atoms with Crippen LogP contribution in [0.2, 0.25) is 0 Å². The van der Waals surface area contributed by atoms with Gasteiger partial charge in [0.15, 0.2) is 0 Å². The van der Waals surface area contributed by atoms with Crippen molar-refractivity contribution in [2.24, 2.45) is 0 Å². The van der Waals surface area contributed by atoms with Gasteiger partial charge in [0.2, 0.25) is 0 Å². The highest BCUT2D eigenvalue weighted by atomic mass is 32.1. The largest absolute Gasteiger partial charge is 0.311 e. The zero-order valence-corrected chi connectivity index (χ0v) is 19.8. The van der Waals surface area contributed by atoms with E-state index < -0.39 is 0 Å². The first-order valence-electron chi connectivity index (χ1n) is 11.8. The SMILES string of the molecule is c1ccc(N(c2ccccc2)c2ccc(-n3c4ccccc4c4cc5sccc5cc43)cc2)cc1. The quantitative estimate of drug-likeness (QED) is 0.251. The van der Waals surface area contributed by atoms with Crippen molar-refractivity contribution in [1.82, 2.24) is 4.57 Å². The maximum atomic E-state index is 2.39. The van der Waals surface area contributed by atoms with Gasteiger partial charge in [0.1, 0.15) is 0 Å². The van der Waals surface area contributed by atoms with Gasteiger partial charge in [-0.15, -0.1) is 11.3 Å². The maximum Gasteiger partial charge on any atom is 0.0548 e. The lowest BCUT2D eigenvalue weighted by molar-refractivity contribution is 1.17. The molecule has 2 aromatic heterocycles. The Bertz CT molecular complexity index is 1740. The Morgan fingerprint density at radius 3 is 1.86 bits per heavy atom. The van der Waals surface area contributed by atoms with Crippen LogP contribution in [0, 0.1) is 0 Å². The minimum atomic E-state index is 1.13. The number of rotatable bonds is 4. The minimum absolute atomic E-state index is 1.13. The normalized spacial score (nSPS) is 11.4. The first kappa shape index (κ1) is 20.1. The van der Waals surface area contributed by atoms with Crippen LogP contribution in [-0.4, -0.2) is 4.57 Å². The second-order valence-electron chi connectivity index (χ2n) is 8.70. The summed E-state index contributed by atoms with van der Waals surface area (Å²) < 4.78 is 3.72. The van der Waals surface area contributed by atoms with Crippen LogP contribution >= 0.6 is 11.3 Å². The molecule has 7 rings (SSSR count). The fraction of sp³-hybridized carbons (Fsp3) is 0. The molecule has 0 radical (unpaired) electrons. The summed E-state index contributed by atoms with van der Waals surface area (Å²) in [7, 11) is 0. The van der Waals surface area contributed by atoms with Crippen molar-refractivity contribution in [3.63, 3.8) is 0 Å². The summed E-state index contributed by atoms with van der Waals surface area (Å²) >= 11 is 1.80. The van der Waals surface area contributed by atoms with Crippen LogP contribution in [0.3, 0.4) is 0 Å². The molecular formula is C32H22N2S. The zero-order valence-electron chi connectivity index (χ0n) is 19.0. The van der Waals surface area contributed by atoms with Crippen molar-refractivity contribution in [2.45, 2.75) is 0 Å². The summed E-state index contributed by atoms with van der Waals surface area (Å²) in [6, 6.07) is 45.6. The predicted molar refractivity (Wildman–Crippen MR) is 151 cm³/mol. The molecule has 35 heavy (non-hydrogen) atoms. The van der Waals surface area contributed by atoms with Crippen molar-refractivity contribution in [1.29, 1.82) is 0 Å². The van der Waals surface area contributed by atoms with E-state index in [0.29, 0.717) is 0 Å². The van der Waals surface area contributed by atoms with E-state index in [1.165, 1.54) is 31.9 Å². The molecule has 0 bridgehead atoms. The number of thiophene rings is 1. The summed E-state index contributed by atoms with van der Waals surface area (Å²) in [5, 5.41) is 6.06. The molecule has 2 heterocycles. The molecule has 0 fully saturated rings. The van der Waals surface area contributed by atoms with Crippen LogP contribution in [-0.2, 0) is 0 Å². The summed E-state index contributed by atoms with van der Waals surface area (Å²) in [4.78, 5) is 2.30. The van der Waals surface area contributed by atoms with E-state index in [1.54, 1.807) is 11.3 Å². The highest BCUT2D eigenvalue weighted by Gasteiger charge is 2.15. The molecule has 0 unspecified atom stereocenters. The number of fused-ring (bicyclic) bond motifs is 4. The van der Waals surface area contributed by atoms with E-state index in [4.69, 9.17) is 0 Å². The molecule has 166 valence electrons. The van der Waals surface area contributed by atoms with E-state index in [2.05, 4.69) is 142 Å². The molecule has 0 N–H and O–H groups in total. The summed E-state index contributed by atoms with van der Waals surface area (Å²) in [6.07, 6.45) is 0. The van der Waals surface area contributed by atoms with Gasteiger partial charge >= 0.3 is 0 Å². The lowest BCUT2D eigenvalue weighted by Crippen LogP contribution is -2.09. The highest BCUT2D eigenvalue weighted by Crippen LogP contribution is 2.38. The van der Waals surface area contributed by atoms with Gasteiger partial charge in [0.05, 0.1) is 11.0 Å². The van der Waals surface area contributed by atoms with Gasteiger partial charge in [0.25, 0.3) is 0 Å². The fourth-order valence-electron chi connectivity index (χ4n) is 5.05. The average Bonchev–Trinajstić information content (AvgIpc) is 3.51. The molecule has 7 aromatic rings. The number of benzene rings is 5. The first-order chi connectivity index (χ1) is 17.4. The number of para-hydroxylation sites is 3. The predicted octanol–water partition coefficient (Wildman–Crippen LogP) is 9.47. The third-order valence-electron chi connectivity index (χ3n) is 6.64. The van der Waals surface area contributed by atoms with Gasteiger partial charge in [-0.25, -0.2) is 0 Å². The van der Waals surface area contributed by atoms with Crippen molar-refractivity contribution in [2.75, 3.05) is 4.90 Å². The molecule has 0 aliphatic rings. The average molecular weight is 467 g/mol. The van der Waals surface area contributed by atoms with E-state index >= 15 is 0 Å². The molecular weight excluding hydrogens is 444 g/mol. The first-order valence-corrected chi connectivity index (χ1v) is 12.7. The molecule has 5 aromatic carbocycles. The molecule has 2 nitrogen and oxygen atoms in total. The summed E-state index contributed by atoms with van der Waals surface area (Å²) in [6.45, 7) is 0. The molecule has 0 saturated heterocycles. The Balaban J connectivity index is 1.41. The van der Waals surface area contributed by atoms with Gasteiger partial charge in [-0.2, -0.15) is 0 Å². The van der Waals surface area contributed by atoms with Gasteiger partial charge in [-0.1, -0.05) is 54.6 Å². The van der Waals surface area contributed by atoms with E-state index in [9.17, 15) is 0 Å². The van der Waals surface area contributed by atoms with Gasteiger partial charge < -0.3 is 9.47 Å². The van der Waals surface area contributed by atoms with Crippen LogP contribution in [0.25, 0.3) is 37.6 Å². The Labute approximate surface area is 207 Å². The van der Waals surface area contributed by atoms with E-state index in [-0.39, 0.29) is 0 Å². The Morgan fingerprint density at radius 1 is 0.514 bits per heavy atom. The molecule has 0 amide bonds. The van der Waals surface area contributed by atoms with Crippen molar-refractivity contribution >= 4 is 60.3 Å². The number of aromatic nitrogens is 1. The number of hydrogen-bond donors (Lipinski definition) is 0. The third-order valence-corrected chi connectivity index (χ3v) is 7.52. The molecule has 0 saturated carbocycles. The molecule has 0 atom stereocenters. The molecule has 0 aliphatic carbocycles. The second-order valence-corrected chi connectivity index (χ2v) is 9.65. The maximum absolute atomic E-state index is 2.39. The van der Waals surface area contributed by atoms with Gasteiger partial charge in [-0.05, 0) is 83.6 Å². The lowest BCUT2D eigenvalue weighted by atomic mass is 10.1. The van der Waals surface area contributed by atoms with Crippen LogP contribution < -0.4 is 4.90 Å². The monoisotopic (exact) mass is 466 g/mol. The highest BCUT2D eigenvalue weighted by molar-refractivity contribution is 7.17. The summed E-state index contributed by atoms with van der Waals surface area (Å²) in [5.41, 5.74) is 7.05. The number of hydrogen-bond acceptors (Lipinski definition) is 2. The molecule has 3 heteroatoms. The Morgan fingerprint density at radius 2 is 1.14 bits per heavy atom. The standard InChI is InChI=1S/C32H22N2S/c1-3-9-24(10-4-1)33(25-11-5-2-6-12-25)26-15-17-27(18-16-26)34-30-14-8-7-13-28(30)29-22-32-23(19-20-35-32)21-31(29)34/h1-22H. The van der Waals surface area contributed by atoms with Crippen LogP contribution in [0.15, 0.2) is 133 Å². The van der Waals surface area contributed by atoms with Crippen LogP contribution in [0.4, 0.5) is 17.1 Å². The van der Waals surface area contributed by atoms with Crippen molar-refractivity contribution in [3.8, 4) is 5.69 Å². The zero-order chi connectivity index (χ0) is 23.2. The number of nitrogens with zero attached hydrogens (tertiary/aromatic N) is 2. The Hall–Kier alpha value is -4.34. The van der Waals surface area contributed by atoms with E-state index in [0.717, 1.165) is 22.7 Å². The topological polar surface area (TPSA) is 8.17 Å². The van der Waals surface area contributed by atoms with Crippen molar-refractivity contribution < 1.29 is 0 Å². The fourth-order valence-corrected chi connectivity index (χ4v) is 5.86. The Kier molecular flexibility index (Phi) is 4.68. The second kappa shape index (κ2) is 8.15. The van der Waals surface area contributed by atoms with Gasteiger partial charge in [-0.3, -0.25) is 0 Å². The van der Waals surface area contributed by atoms with Crippen LogP contribution in [0.5, 0.6) is 0 Å². The lowest BCUT2D eigenvalue weighted by Gasteiger charge is -2.25. The van der Waals surface area contributed by atoms with E-state index in [1.807, 2.05) is 0 Å². The third kappa shape index (κ3) is 3.32. The number of anilines is 3. The van der Waals surface area contributed by atoms with Crippen LogP contribution in [0.1, 0.15) is 0 Å². The molecule has 0 spiro atoms. The minimum Gasteiger partial charge on any atom is -0.311 e. The smallest absolute Gasteiger partial charge is 0.0548 e. The van der Waals surface area contributed by atoms with Crippen molar-refractivity contribution in [3.05, 3.63) is 133 Å².